The van der Waals surface area contributed by atoms with E-state index in [0.29, 0.717) is 10.7 Å². The molecule has 8 rings (SSSR count). The number of carbonyl (C=O) groups excluding carboxylic acids is 2. The Hall–Kier alpha value is -8.44. The largest absolute Gasteiger partial charge is 0.383 e. The second-order valence-electron chi connectivity index (χ2n) is 17.0. The van der Waals surface area contributed by atoms with Crippen molar-refractivity contribution in [2.24, 2.45) is 10.3 Å². The summed E-state index contributed by atoms with van der Waals surface area (Å²) >= 11 is 2.16. The van der Waals surface area contributed by atoms with Crippen LogP contribution in [0.1, 0.15) is 58.6 Å². The molecule has 2 heterocycles. The monoisotopic (exact) mass is 1110 g/mol. The Morgan fingerprint density at radius 3 is 0.961 bits per heavy atom. The van der Waals surface area contributed by atoms with E-state index < -0.39 is 66.6 Å². The zero-order valence-corrected chi connectivity index (χ0v) is 44.8. The van der Waals surface area contributed by atoms with Crippen LogP contribution in [0, 0.1) is 0 Å². The minimum atomic E-state index is -2.84. The number of oxime groups is 2. The molecule has 2 N–H and O–H groups in total. The van der Waals surface area contributed by atoms with Crippen LogP contribution in [0.5, 0.6) is 0 Å². The van der Waals surface area contributed by atoms with Gasteiger partial charge in [-0.3, -0.25) is 0 Å². The number of hydrogen-bond acceptors (Lipinski definition) is 19. The minimum absolute atomic E-state index is 0.173. The second kappa shape index (κ2) is 24.5. The fourth-order valence-electron chi connectivity index (χ4n) is 8.16. The number of methoxy groups -OCH3 is 2. The van der Waals surface area contributed by atoms with E-state index in [1.807, 2.05) is 182 Å². The average Bonchev–Trinajstić information content (AvgIpc) is 4.17. The van der Waals surface area contributed by atoms with E-state index in [1.165, 1.54) is 24.6 Å². The Kier molecular flexibility index (Phi) is 17.4. The number of carbonyl (C=O) groups is 2. The van der Waals surface area contributed by atoms with Gasteiger partial charge in [-0.15, -0.1) is 22.7 Å². The van der Waals surface area contributed by atoms with Crippen LogP contribution < -0.4 is 10.6 Å². The topological polar surface area (TPSA) is 223 Å². The van der Waals surface area contributed by atoms with Crippen molar-refractivity contribution in [2.45, 2.75) is 36.5 Å². The highest BCUT2D eigenvalue weighted by molar-refractivity contribution is 7.71. The molecule has 0 fully saturated rings. The maximum absolute atomic E-state index is 14.6. The number of hydrogen-bond donors (Lipinski definition) is 2. The van der Waals surface area contributed by atoms with Gasteiger partial charge in [-0.25, -0.2) is 19.6 Å². The molecule has 2 atom stereocenters. The van der Waals surface area contributed by atoms with Crippen molar-refractivity contribution in [1.82, 2.24) is 9.97 Å². The third-order valence-electron chi connectivity index (χ3n) is 12.0. The SMILES string of the molecule is COC(C)(C=S(=O)=O)ON=C(C(=O)OC(=O)C(=NOC(C)(C=S(=O)=O)OC)c1csc(NC(c2ccccc2)(c2ccccc2)c2ccccc2)n1)c1csc(NC(c2ccccc2)(c2ccccc2)c2ccccc2)n1. The summed E-state index contributed by atoms with van der Waals surface area (Å²) in [6.07, 6.45) is 0. The molecular weight excluding hydrogens is 1060 g/mol. The van der Waals surface area contributed by atoms with Gasteiger partial charge in [0.1, 0.15) is 33.2 Å². The molecule has 0 aliphatic carbocycles. The number of ether oxygens (including phenoxy) is 3. The first-order chi connectivity index (χ1) is 37.2. The van der Waals surface area contributed by atoms with E-state index in [2.05, 4.69) is 20.9 Å². The first-order valence-electron chi connectivity index (χ1n) is 23.3. The number of aromatic nitrogens is 2. The van der Waals surface area contributed by atoms with Crippen LogP contribution >= 0.6 is 22.7 Å². The number of rotatable bonds is 22. The molecule has 8 aromatic rings. The number of benzene rings is 6. The number of nitrogens with one attached hydrogen (secondary N) is 2. The van der Waals surface area contributed by atoms with Crippen LogP contribution in [0.25, 0.3) is 0 Å². The fraction of sp³-hybridized carbons (Fsp3) is 0.143. The van der Waals surface area contributed by atoms with Gasteiger partial charge in [0, 0.05) is 38.8 Å². The molecule has 0 aliphatic rings. The quantitative estimate of drug-likeness (QED) is 0.0123. The molecule has 0 saturated heterocycles. The highest BCUT2D eigenvalue weighted by atomic mass is 32.2. The molecule has 0 radical (unpaired) electrons. The summed E-state index contributed by atoms with van der Waals surface area (Å²) in [5.41, 5.74) is 1.18. The smallest absolute Gasteiger partial charge is 0.370 e. The maximum atomic E-state index is 14.6. The minimum Gasteiger partial charge on any atom is -0.383 e. The summed E-state index contributed by atoms with van der Waals surface area (Å²) in [5, 5.41) is 20.0. The van der Waals surface area contributed by atoms with Gasteiger partial charge in [0.05, 0.1) is 0 Å². The van der Waals surface area contributed by atoms with Gasteiger partial charge in [-0.05, 0) is 33.4 Å². The van der Waals surface area contributed by atoms with Crippen LogP contribution in [-0.4, -0.2) is 86.7 Å². The van der Waals surface area contributed by atoms with Crippen molar-refractivity contribution in [2.75, 3.05) is 24.9 Å². The zero-order chi connectivity index (χ0) is 54.5. The third-order valence-corrected chi connectivity index (χ3v) is 14.7. The molecule has 0 spiro atoms. The molecule has 2 aromatic heterocycles. The highest BCUT2D eigenvalue weighted by Gasteiger charge is 2.40. The maximum Gasteiger partial charge on any atom is 0.370 e. The van der Waals surface area contributed by atoms with E-state index in [-0.39, 0.29) is 21.7 Å². The Morgan fingerprint density at radius 1 is 0.468 bits per heavy atom. The summed E-state index contributed by atoms with van der Waals surface area (Å²) in [6, 6.07) is 58.0. The first kappa shape index (κ1) is 54.8. The average molecular weight is 1110 g/mol. The molecule has 17 nitrogen and oxygen atoms in total. The molecule has 21 heteroatoms. The van der Waals surface area contributed by atoms with E-state index >= 15 is 0 Å². The van der Waals surface area contributed by atoms with Crippen molar-refractivity contribution < 1.29 is 50.3 Å². The Balaban J connectivity index is 1.21. The first-order valence-corrected chi connectivity index (χ1v) is 27.3. The summed E-state index contributed by atoms with van der Waals surface area (Å²) in [6.45, 7) is 2.44. The zero-order valence-electron chi connectivity index (χ0n) is 41.5. The highest BCUT2D eigenvalue weighted by Crippen LogP contribution is 2.42. The molecule has 0 bridgehead atoms. The van der Waals surface area contributed by atoms with Crippen LogP contribution in [0.2, 0.25) is 0 Å². The molecular formula is C56H48N6O11S4. The van der Waals surface area contributed by atoms with E-state index in [1.54, 1.807) is 0 Å². The van der Waals surface area contributed by atoms with Crippen LogP contribution in [0.3, 0.4) is 0 Å². The molecule has 392 valence electrons. The Bertz CT molecular complexity index is 3230. The summed E-state index contributed by atoms with van der Waals surface area (Å²) in [4.78, 5) is 49.9. The molecule has 0 aliphatic heterocycles. The van der Waals surface area contributed by atoms with Crippen LogP contribution in [0.4, 0.5) is 10.3 Å². The van der Waals surface area contributed by atoms with Crippen molar-refractivity contribution in [3.05, 3.63) is 238 Å². The Labute approximate surface area is 454 Å². The van der Waals surface area contributed by atoms with Crippen LogP contribution in [-0.2, 0) is 65.1 Å². The van der Waals surface area contributed by atoms with Gasteiger partial charge in [0.15, 0.2) is 10.3 Å². The number of nitrogens with zero attached hydrogens (tertiary/aromatic N) is 4. The molecule has 77 heavy (non-hydrogen) atoms. The fourth-order valence-corrected chi connectivity index (χ4v) is 10.6. The van der Waals surface area contributed by atoms with E-state index in [4.69, 9.17) is 33.9 Å². The lowest BCUT2D eigenvalue weighted by atomic mass is 9.77. The van der Waals surface area contributed by atoms with Gasteiger partial charge in [0.25, 0.3) is 11.6 Å². The van der Waals surface area contributed by atoms with Crippen LogP contribution in [0.15, 0.2) is 203 Å². The molecule has 2 unspecified atom stereocenters. The predicted octanol–water partition coefficient (Wildman–Crippen LogP) is 8.71. The summed E-state index contributed by atoms with van der Waals surface area (Å²) in [5.74, 6) is -7.03. The predicted molar refractivity (Wildman–Crippen MR) is 297 cm³/mol. The molecule has 6 aromatic carbocycles. The lowest BCUT2D eigenvalue weighted by Gasteiger charge is -2.36. The normalized spacial score (nSPS) is 13.5. The second-order valence-corrected chi connectivity index (χ2v) is 20.2. The number of anilines is 2. The third kappa shape index (κ3) is 12.6. The lowest BCUT2D eigenvalue weighted by molar-refractivity contribution is -0.158. The molecule has 0 amide bonds. The van der Waals surface area contributed by atoms with Gasteiger partial charge >= 0.3 is 11.9 Å². The Morgan fingerprint density at radius 2 is 0.727 bits per heavy atom. The number of thiazole rings is 2. The van der Waals surface area contributed by atoms with Crippen molar-refractivity contribution in [3.63, 3.8) is 0 Å². The summed E-state index contributed by atoms with van der Waals surface area (Å²) in [7, 11) is -3.37. The van der Waals surface area contributed by atoms with E-state index in [9.17, 15) is 26.4 Å². The van der Waals surface area contributed by atoms with Crippen molar-refractivity contribution in [1.29, 1.82) is 0 Å². The van der Waals surface area contributed by atoms with Crippen molar-refractivity contribution >= 4 is 87.6 Å². The van der Waals surface area contributed by atoms with E-state index in [0.717, 1.165) is 70.3 Å². The van der Waals surface area contributed by atoms with Gasteiger partial charge in [-0.1, -0.05) is 192 Å². The summed E-state index contributed by atoms with van der Waals surface area (Å²) < 4.78 is 63.6. The van der Waals surface area contributed by atoms with Crippen molar-refractivity contribution in [3.8, 4) is 0 Å². The van der Waals surface area contributed by atoms with Gasteiger partial charge in [-0.2, -0.15) is 16.8 Å². The van der Waals surface area contributed by atoms with Gasteiger partial charge < -0.3 is 34.5 Å². The van der Waals surface area contributed by atoms with Gasteiger partial charge in [0.2, 0.25) is 32.0 Å². The lowest BCUT2D eigenvalue weighted by Crippen LogP contribution is -2.38. The standard InChI is InChI=1S/C56H48N6O11S4/c1-53(69-3,37-76(65)66)72-61-47(45-35-74-51(57-45)59-55(39-23-11-5-12-24-39,40-25-13-6-14-26-40)41-27-15-7-16-28-41)49(63)71-50(64)48(62-73-54(2,70-4)38-77(67)68)46-36-75-52(58-46)60-56(42-29-17-8-18-30-42,43-31-19-9-20-32-43)44-33-21-10-22-34-44/h5-38H,1-4H3,(H,57,59)(H,58,60). The number of esters is 2. The molecule has 0 saturated carbocycles.